The lowest BCUT2D eigenvalue weighted by molar-refractivity contribution is 0.124. The van der Waals surface area contributed by atoms with E-state index in [1.165, 1.54) is 5.57 Å². The smallest absolute Gasteiger partial charge is 0.147 e. The lowest BCUT2D eigenvalue weighted by Crippen LogP contribution is -2.24. The molecule has 0 aliphatic carbocycles. The van der Waals surface area contributed by atoms with Crippen molar-refractivity contribution in [1.29, 1.82) is 0 Å². The van der Waals surface area contributed by atoms with Gasteiger partial charge in [0.25, 0.3) is 0 Å². The lowest BCUT2D eigenvalue weighted by atomic mass is 10.1. The Hall–Kier alpha value is -0.500. The van der Waals surface area contributed by atoms with Gasteiger partial charge in [-0.25, -0.2) is 0 Å². The van der Waals surface area contributed by atoms with Crippen LogP contribution in [-0.2, 0) is 4.74 Å². The van der Waals surface area contributed by atoms with Crippen molar-refractivity contribution in [1.82, 2.24) is 0 Å². The first kappa shape index (κ1) is 6.62. The van der Waals surface area contributed by atoms with Gasteiger partial charge in [-0.05, 0) is 18.4 Å². The summed E-state index contributed by atoms with van der Waals surface area (Å²) in [5.74, 6) is 0. The Kier molecular flexibility index (Phi) is 2.11. The number of rotatable bonds is 1. The first-order valence-corrected chi connectivity index (χ1v) is 3.42. The Morgan fingerprint density at radius 1 is 1.89 bits per heavy atom. The predicted octanol–water partition coefficient (Wildman–Crippen LogP) is 1.38. The molecule has 0 amide bonds. The minimum atomic E-state index is -0.0553. The van der Waals surface area contributed by atoms with Gasteiger partial charge in [0.1, 0.15) is 6.23 Å². The highest BCUT2D eigenvalue weighted by Gasteiger charge is 2.08. The van der Waals surface area contributed by atoms with E-state index in [2.05, 4.69) is 6.92 Å². The Balaban J connectivity index is 2.40. The number of allylic oxidation sites excluding steroid dienone is 1. The van der Waals surface area contributed by atoms with Crippen molar-refractivity contribution in [2.75, 3.05) is 0 Å². The van der Waals surface area contributed by atoms with Crippen LogP contribution in [0.1, 0.15) is 26.2 Å². The van der Waals surface area contributed by atoms with Crippen molar-refractivity contribution in [3.63, 3.8) is 0 Å². The van der Waals surface area contributed by atoms with Crippen molar-refractivity contribution in [2.24, 2.45) is 5.73 Å². The summed E-state index contributed by atoms with van der Waals surface area (Å²) >= 11 is 0. The van der Waals surface area contributed by atoms with Gasteiger partial charge in [0, 0.05) is 6.42 Å². The molecule has 1 rings (SSSR count). The second-order valence-electron chi connectivity index (χ2n) is 2.34. The standard InChI is InChI=1S/C7H13NO/c1-2-6-3-4-7(8)9-5-6/h5,7H,2-4,8H2,1H3. The summed E-state index contributed by atoms with van der Waals surface area (Å²) in [5, 5.41) is 0. The van der Waals surface area contributed by atoms with Crippen LogP contribution < -0.4 is 5.73 Å². The Labute approximate surface area is 55.7 Å². The molecule has 0 aromatic rings. The molecule has 1 aliphatic heterocycles. The zero-order valence-corrected chi connectivity index (χ0v) is 5.76. The van der Waals surface area contributed by atoms with Crippen LogP contribution in [0, 0.1) is 0 Å². The third kappa shape index (κ3) is 1.72. The molecule has 52 valence electrons. The summed E-state index contributed by atoms with van der Waals surface area (Å²) in [5.41, 5.74) is 6.86. The fourth-order valence-corrected chi connectivity index (χ4v) is 0.898. The average Bonchev–Trinajstić information content (AvgIpc) is 1.90. The lowest BCUT2D eigenvalue weighted by Gasteiger charge is -2.18. The summed E-state index contributed by atoms with van der Waals surface area (Å²) in [6.45, 7) is 2.13. The second-order valence-corrected chi connectivity index (χ2v) is 2.34. The van der Waals surface area contributed by atoms with Gasteiger partial charge in [-0.3, -0.25) is 5.73 Å². The van der Waals surface area contributed by atoms with Crippen LogP contribution in [-0.4, -0.2) is 6.23 Å². The van der Waals surface area contributed by atoms with E-state index in [-0.39, 0.29) is 6.23 Å². The summed E-state index contributed by atoms with van der Waals surface area (Å²) in [6, 6.07) is 0. The van der Waals surface area contributed by atoms with Gasteiger partial charge in [-0.1, -0.05) is 6.92 Å². The van der Waals surface area contributed by atoms with E-state index < -0.39 is 0 Å². The van der Waals surface area contributed by atoms with E-state index in [4.69, 9.17) is 10.5 Å². The zero-order valence-electron chi connectivity index (χ0n) is 5.76. The van der Waals surface area contributed by atoms with Gasteiger partial charge in [-0.2, -0.15) is 0 Å². The van der Waals surface area contributed by atoms with E-state index in [1.54, 1.807) is 6.26 Å². The molecule has 0 aromatic heterocycles. The van der Waals surface area contributed by atoms with E-state index in [0.717, 1.165) is 19.3 Å². The molecule has 0 saturated carbocycles. The molecule has 1 heterocycles. The normalized spacial score (nSPS) is 26.9. The first-order valence-electron chi connectivity index (χ1n) is 3.42. The Morgan fingerprint density at radius 2 is 2.67 bits per heavy atom. The van der Waals surface area contributed by atoms with Crippen LogP contribution in [0.2, 0.25) is 0 Å². The van der Waals surface area contributed by atoms with Crippen LogP contribution >= 0.6 is 0 Å². The molecule has 2 nitrogen and oxygen atoms in total. The highest BCUT2D eigenvalue weighted by molar-refractivity contribution is 4.99. The van der Waals surface area contributed by atoms with E-state index in [1.807, 2.05) is 0 Å². The third-order valence-electron chi connectivity index (χ3n) is 1.61. The van der Waals surface area contributed by atoms with Crippen molar-refractivity contribution in [3.8, 4) is 0 Å². The molecule has 2 heteroatoms. The molecule has 1 unspecified atom stereocenters. The summed E-state index contributed by atoms with van der Waals surface area (Å²) in [7, 11) is 0. The van der Waals surface area contributed by atoms with Crippen molar-refractivity contribution < 1.29 is 4.74 Å². The number of hydrogen-bond donors (Lipinski definition) is 1. The van der Waals surface area contributed by atoms with E-state index in [9.17, 15) is 0 Å². The van der Waals surface area contributed by atoms with Crippen molar-refractivity contribution in [3.05, 3.63) is 11.8 Å². The molecular weight excluding hydrogens is 114 g/mol. The molecule has 0 radical (unpaired) electrons. The fourth-order valence-electron chi connectivity index (χ4n) is 0.898. The SMILES string of the molecule is CCC1=COC(N)CC1. The number of nitrogens with two attached hydrogens (primary N) is 1. The molecule has 2 N–H and O–H groups in total. The van der Waals surface area contributed by atoms with Gasteiger partial charge < -0.3 is 4.74 Å². The van der Waals surface area contributed by atoms with Crippen molar-refractivity contribution >= 4 is 0 Å². The molecule has 0 bridgehead atoms. The van der Waals surface area contributed by atoms with Crippen LogP contribution in [0.4, 0.5) is 0 Å². The minimum absolute atomic E-state index is 0.0553. The van der Waals surface area contributed by atoms with E-state index >= 15 is 0 Å². The number of ether oxygens (including phenoxy) is 1. The average molecular weight is 127 g/mol. The molecular formula is C7H13NO. The molecule has 1 aliphatic rings. The molecule has 0 spiro atoms. The fraction of sp³-hybridized carbons (Fsp3) is 0.714. The van der Waals surface area contributed by atoms with Gasteiger partial charge in [0.05, 0.1) is 6.26 Å². The van der Waals surface area contributed by atoms with Gasteiger partial charge >= 0.3 is 0 Å². The maximum absolute atomic E-state index is 5.48. The highest BCUT2D eigenvalue weighted by atomic mass is 16.5. The Morgan fingerprint density at radius 3 is 3.11 bits per heavy atom. The maximum atomic E-state index is 5.48. The predicted molar refractivity (Wildman–Crippen MR) is 36.7 cm³/mol. The van der Waals surface area contributed by atoms with Crippen LogP contribution in [0.15, 0.2) is 11.8 Å². The molecule has 0 saturated heterocycles. The summed E-state index contributed by atoms with van der Waals surface area (Å²) in [4.78, 5) is 0. The summed E-state index contributed by atoms with van der Waals surface area (Å²) < 4.78 is 5.10. The maximum Gasteiger partial charge on any atom is 0.147 e. The monoisotopic (exact) mass is 127 g/mol. The van der Waals surface area contributed by atoms with Gasteiger partial charge in [0.15, 0.2) is 0 Å². The van der Waals surface area contributed by atoms with Crippen molar-refractivity contribution in [2.45, 2.75) is 32.4 Å². The highest BCUT2D eigenvalue weighted by Crippen LogP contribution is 2.16. The van der Waals surface area contributed by atoms with Crippen LogP contribution in [0.5, 0.6) is 0 Å². The third-order valence-corrected chi connectivity index (χ3v) is 1.61. The molecule has 0 fully saturated rings. The zero-order chi connectivity index (χ0) is 6.69. The molecule has 1 atom stereocenters. The quantitative estimate of drug-likeness (QED) is 0.577. The molecule has 0 aromatic carbocycles. The van der Waals surface area contributed by atoms with Gasteiger partial charge in [0.2, 0.25) is 0 Å². The number of hydrogen-bond acceptors (Lipinski definition) is 2. The topological polar surface area (TPSA) is 35.2 Å². The van der Waals surface area contributed by atoms with Crippen LogP contribution in [0.25, 0.3) is 0 Å². The molecule has 9 heavy (non-hydrogen) atoms. The van der Waals surface area contributed by atoms with Gasteiger partial charge in [-0.15, -0.1) is 0 Å². The Bertz CT molecular complexity index is 120. The second kappa shape index (κ2) is 2.87. The first-order chi connectivity index (χ1) is 4.33. The van der Waals surface area contributed by atoms with Crippen LogP contribution in [0.3, 0.4) is 0 Å². The summed E-state index contributed by atoms with van der Waals surface area (Å²) in [6.07, 6.45) is 4.92. The van der Waals surface area contributed by atoms with E-state index in [0.29, 0.717) is 0 Å². The minimum Gasteiger partial charge on any atom is -0.483 e. The largest absolute Gasteiger partial charge is 0.483 e.